The van der Waals surface area contributed by atoms with Gasteiger partial charge in [0.05, 0.1) is 18.2 Å². The van der Waals surface area contributed by atoms with Gasteiger partial charge in [-0.25, -0.2) is 4.79 Å². The summed E-state index contributed by atoms with van der Waals surface area (Å²) in [6.45, 7) is 1.88. The number of carbonyl (C=O) groups excluding carboxylic acids is 3. The maximum Gasteiger partial charge on any atom is 0.336 e. The molecule has 3 aromatic rings. The number of fused-ring (bicyclic) bond motifs is 2. The van der Waals surface area contributed by atoms with Gasteiger partial charge in [-0.2, -0.15) is 0 Å². The van der Waals surface area contributed by atoms with Crippen molar-refractivity contribution >= 4 is 28.8 Å². The molecule has 0 saturated heterocycles. The molecule has 32 heavy (non-hydrogen) atoms. The van der Waals surface area contributed by atoms with E-state index in [0.29, 0.717) is 33.4 Å². The van der Waals surface area contributed by atoms with Crippen LogP contribution in [0.5, 0.6) is 5.75 Å². The Bertz CT molecular complexity index is 1290. The molecule has 0 aliphatic carbocycles. The highest BCUT2D eigenvalue weighted by Crippen LogP contribution is 2.25. The summed E-state index contributed by atoms with van der Waals surface area (Å²) in [7, 11) is 1.51. The normalized spacial score (nSPS) is 12.9. The molecule has 0 unspecified atom stereocenters. The first kappa shape index (κ1) is 21.3. The number of imide groups is 1. The van der Waals surface area contributed by atoms with Crippen molar-refractivity contribution in [2.75, 3.05) is 13.7 Å². The predicted molar refractivity (Wildman–Crippen MR) is 115 cm³/mol. The molecule has 0 saturated carbocycles. The van der Waals surface area contributed by atoms with Gasteiger partial charge in [-0.15, -0.1) is 0 Å². The number of nitrogens with zero attached hydrogens (tertiary/aromatic N) is 1. The van der Waals surface area contributed by atoms with Crippen molar-refractivity contribution in [2.24, 2.45) is 0 Å². The van der Waals surface area contributed by atoms with Crippen LogP contribution in [0.2, 0.25) is 0 Å². The van der Waals surface area contributed by atoms with Gasteiger partial charge in [0.2, 0.25) is 0 Å². The summed E-state index contributed by atoms with van der Waals surface area (Å²) in [6.07, 6.45) is 0.303. The quantitative estimate of drug-likeness (QED) is 0.319. The zero-order chi connectivity index (χ0) is 22.8. The fraction of sp³-hybridized carbons (Fsp3) is 0.250. The van der Waals surface area contributed by atoms with E-state index in [2.05, 4.69) is 0 Å². The van der Waals surface area contributed by atoms with Gasteiger partial charge in [-0.3, -0.25) is 19.3 Å². The van der Waals surface area contributed by atoms with Crippen LogP contribution in [0.4, 0.5) is 0 Å². The van der Waals surface area contributed by atoms with Crippen LogP contribution in [0.15, 0.2) is 51.7 Å². The average molecular weight is 435 g/mol. The van der Waals surface area contributed by atoms with Crippen LogP contribution in [0.1, 0.15) is 44.7 Å². The molecule has 1 aliphatic rings. The summed E-state index contributed by atoms with van der Waals surface area (Å²) in [5.74, 6) is -0.651. The molecule has 0 spiro atoms. The van der Waals surface area contributed by atoms with Gasteiger partial charge in [0.15, 0.2) is 0 Å². The highest BCUT2D eigenvalue weighted by molar-refractivity contribution is 6.21. The number of methoxy groups -OCH3 is 1. The average Bonchev–Trinajstić information content (AvgIpc) is 3.01. The highest BCUT2D eigenvalue weighted by atomic mass is 16.5. The number of hydrogen-bond donors (Lipinski definition) is 0. The van der Waals surface area contributed by atoms with Gasteiger partial charge < -0.3 is 13.9 Å². The second-order valence-corrected chi connectivity index (χ2v) is 7.53. The van der Waals surface area contributed by atoms with Crippen molar-refractivity contribution in [3.05, 3.63) is 75.1 Å². The van der Waals surface area contributed by atoms with Crippen LogP contribution in [0, 0.1) is 6.92 Å². The van der Waals surface area contributed by atoms with E-state index in [-0.39, 0.29) is 37.8 Å². The molecule has 8 nitrogen and oxygen atoms in total. The zero-order valence-electron chi connectivity index (χ0n) is 17.7. The van der Waals surface area contributed by atoms with Crippen LogP contribution in [0.3, 0.4) is 0 Å². The van der Waals surface area contributed by atoms with E-state index in [1.165, 1.54) is 13.2 Å². The number of aryl methyl sites for hydroxylation is 1. The highest BCUT2D eigenvalue weighted by Gasteiger charge is 2.35. The Morgan fingerprint density at radius 2 is 1.78 bits per heavy atom. The van der Waals surface area contributed by atoms with Gasteiger partial charge >= 0.3 is 11.6 Å². The van der Waals surface area contributed by atoms with Crippen LogP contribution >= 0.6 is 0 Å². The van der Waals surface area contributed by atoms with Crippen molar-refractivity contribution in [3.8, 4) is 5.75 Å². The molecule has 2 heterocycles. The molecule has 0 atom stereocenters. The lowest BCUT2D eigenvalue weighted by atomic mass is 10.1. The minimum absolute atomic E-state index is 0.0274. The first-order chi connectivity index (χ1) is 15.4. The van der Waals surface area contributed by atoms with E-state index in [1.54, 1.807) is 36.4 Å². The molecule has 2 aromatic carbocycles. The monoisotopic (exact) mass is 435 g/mol. The molecule has 8 heteroatoms. The molecular formula is C24H21NO7. The Labute approximate surface area is 183 Å². The lowest BCUT2D eigenvalue weighted by molar-refractivity contribution is -0.145. The van der Waals surface area contributed by atoms with Gasteiger partial charge in [0.25, 0.3) is 11.8 Å². The number of carbonyl (C=O) groups is 3. The topological polar surface area (TPSA) is 103 Å². The van der Waals surface area contributed by atoms with Crippen LogP contribution < -0.4 is 10.4 Å². The first-order valence-corrected chi connectivity index (χ1v) is 10.1. The molecule has 2 amide bonds. The third-order valence-corrected chi connectivity index (χ3v) is 5.31. The molecule has 1 aromatic heterocycles. The number of rotatable bonds is 7. The third-order valence-electron chi connectivity index (χ3n) is 5.31. The Kier molecular flexibility index (Phi) is 5.77. The molecule has 0 fully saturated rings. The predicted octanol–water partition coefficient (Wildman–Crippen LogP) is 3.23. The molecule has 0 N–H and O–H groups in total. The lowest BCUT2D eigenvalue weighted by Gasteiger charge is -2.13. The van der Waals surface area contributed by atoms with Crippen molar-refractivity contribution < 1.29 is 28.3 Å². The molecular weight excluding hydrogens is 414 g/mol. The lowest BCUT2D eigenvalue weighted by Crippen LogP contribution is -2.31. The summed E-state index contributed by atoms with van der Waals surface area (Å²) >= 11 is 0. The van der Waals surface area contributed by atoms with Crippen molar-refractivity contribution in [3.63, 3.8) is 0 Å². The fourth-order valence-electron chi connectivity index (χ4n) is 3.68. The standard InChI is InChI=1S/C24H21NO7/c1-14-5-7-18-19(10-14)24(29)25(23(18)28)9-3-4-21(26)31-13-15-11-22(27)32-20-12-16(30-2)6-8-17(15)20/h5-8,10-12H,3-4,9,13H2,1-2H3. The number of benzene rings is 2. The van der Waals surface area contributed by atoms with E-state index in [0.717, 1.165) is 10.5 Å². The second-order valence-electron chi connectivity index (χ2n) is 7.53. The number of hydrogen-bond acceptors (Lipinski definition) is 7. The van der Waals surface area contributed by atoms with Crippen LogP contribution in [-0.4, -0.2) is 36.3 Å². The largest absolute Gasteiger partial charge is 0.497 e. The summed E-state index contributed by atoms with van der Waals surface area (Å²) in [5, 5.41) is 0.638. The fourth-order valence-corrected chi connectivity index (χ4v) is 3.68. The van der Waals surface area contributed by atoms with E-state index < -0.39 is 11.6 Å². The maximum atomic E-state index is 12.5. The minimum Gasteiger partial charge on any atom is -0.497 e. The van der Waals surface area contributed by atoms with Gasteiger partial charge in [-0.05, 0) is 37.6 Å². The first-order valence-electron chi connectivity index (χ1n) is 10.1. The molecule has 4 rings (SSSR count). The number of ether oxygens (including phenoxy) is 2. The van der Waals surface area contributed by atoms with E-state index in [9.17, 15) is 19.2 Å². The smallest absolute Gasteiger partial charge is 0.336 e. The number of amides is 2. The van der Waals surface area contributed by atoms with Crippen molar-refractivity contribution in [1.29, 1.82) is 0 Å². The Balaban J connectivity index is 1.34. The van der Waals surface area contributed by atoms with E-state index in [1.807, 2.05) is 6.92 Å². The Morgan fingerprint density at radius 3 is 2.56 bits per heavy atom. The van der Waals surface area contributed by atoms with E-state index >= 15 is 0 Å². The van der Waals surface area contributed by atoms with Crippen LogP contribution in [-0.2, 0) is 16.1 Å². The third kappa shape index (κ3) is 4.12. The van der Waals surface area contributed by atoms with Gasteiger partial charge in [-0.1, -0.05) is 11.6 Å². The van der Waals surface area contributed by atoms with Crippen molar-refractivity contribution in [2.45, 2.75) is 26.4 Å². The number of esters is 1. The second kappa shape index (κ2) is 8.66. The molecule has 1 aliphatic heterocycles. The summed E-state index contributed by atoms with van der Waals surface area (Å²) in [4.78, 5) is 50.1. The molecule has 0 radical (unpaired) electrons. The summed E-state index contributed by atoms with van der Waals surface area (Å²) in [5.41, 5.74) is 1.97. The Morgan fingerprint density at radius 1 is 1.00 bits per heavy atom. The molecule has 164 valence electrons. The summed E-state index contributed by atoms with van der Waals surface area (Å²) in [6, 6.07) is 11.4. The minimum atomic E-state index is -0.558. The van der Waals surface area contributed by atoms with Crippen LogP contribution in [0.25, 0.3) is 11.0 Å². The van der Waals surface area contributed by atoms with Gasteiger partial charge in [0.1, 0.15) is 17.9 Å². The zero-order valence-corrected chi connectivity index (χ0v) is 17.7. The SMILES string of the molecule is COc1ccc2c(COC(=O)CCCN3C(=O)c4ccc(C)cc4C3=O)cc(=O)oc2c1. The van der Waals surface area contributed by atoms with Gasteiger partial charge in [0, 0.05) is 36.0 Å². The maximum absolute atomic E-state index is 12.5. The van der Waals surface area contributed by atoms with Crippen molar-refractivity contribution in [1.82, 2.24) is 4.90 Å². The summed E-state index contributed by atoms with van der Waals surface area (Å²) < 4.78 is 15.6. The molecule has 0 bridgehead atoms. The van der Waals surface area contributed by atoms with E-state index in [4.69, 9.17) is 13.9 Å². The Hall–Kier alpha value is -3.94.